The summed E-state index contributed by atoms with van der Waals surface area (Å²) in [5.74, 6) is 1.85. The van der Waals surface area contributed by atoms with Crippen molar-refractivity contribution in [1.82, 2.24) is 4.90 Å². The molecular weight excluding hydrogens is 284 g/mol. The lowest BCUT2D eigenvalue weighted by atomic mass is 9.88. The maximum absolute atomic E-state index is 12.3. The van der Waals surface area contributed by atoms with Gasteiger partial charge in [0.05, 0.1) is 0 Å². The van der Waals surface area contributed by atoms with Crippen molar-refractivity contribution >= 4 is 21.6 Å². The molecule has 1 unspecified atom stereocenters. The van der Waals surface area contributed by atoms with Gasteiger partial charge in [0.2, 0.25) is 0 Å². The molecule has 5 nitrogen and oxygen atoms in total. The molecule has 2 aliphatic heterocycles. The highest BCUT2D eigenvalue weighted by Gasteiger charge is 2.45. The average Bonchev–Trinajstić information content (AvgIpc) is 2.48. The summed E-state index contributed by atoms with van der Waals surface area (Å²) in [5.41, 5.74) is 5.83. The van der Waals surface area contributed by atoms with Gasteiger partial charge in [-0.05, 0) is 12.8 Å². The molecular formula is C12H24N2O3S2. The lowest BCUT2D eigenvalue weighted by Gasteiger charge is -2.50. The molecule has 7 heteroatoms. The second kappa shape index (κ2) is 6.30. The van der Waals surface area contributed by atoms with Gasteiger partial charge >= 0.3 is 0 Å². The third kappa shape index (κ3) is 3.10. The van der Waals surface area contributed by atoms with Gasteiger partial charge in [-0.25, -0.2) is 8.42 Å². The van der Waals surface area contributed by atoms with Crippen LogP contribution >= 0.6 is 11.8 Å². The molecule has 1 atom stereocenters. The number of hydrogen-bond donors (Lipinski definition) is 1. The summed E-state index contributed by atoms with van der Waals surface area (Å²) in [7, 11) is -3.06. The molecule has 2 fully saturated rings. The van der Waals surface area contributed by atoms with Crippen molar-refractivity contribution in [3.63, 3.8) is 0 Å². The topological polar surface area (TPSA) is 72.6 Å². The van der Waals surface area contributed by atoms with E-state index in [0.29, 0.717) is 25.5 Å². The fraction of sp³-hybridized carbons (Fsp3) is 1.00. The van der Waals surface area contributed by atoms with E-state index in [4.69, 9.17) is 10.5 Å². The van der Waals surface area contributed by atoms with Gasteiger partial charge in [-0.3, -0.25) is 4.90 Å². The minimum absolute atomic E-state index is 0.188. The summed E-state index contributed by atoms with van der Waals surface area (Å²) in [4.78, 5) is 2.17. The highest BCUT2D eigenvalue weighted by molar-refractivity contribution is 8.01. The molecule has 0 bridgehead atoms. The zero-order chi connectivity index (χ0) is 13.9. The Morgan fingerprint density at radius 3 is 2.68 bits per heavy atom. The Kier molecular flexibility index (Phi) is 5.16. The molecule has 0 spiro atoms. The monoisotopic (exact) mass is 308 g/mol. The zero-order valence-electron chi connectivity index (χ0n) is 11.5. The van der Waals surface area contributed by atoms with Gasteiger partial charge in [0.25, 0.3) is 0 Å². The van der Waals surface area contributed by atoms with E-state index in [1.54, 1.807) is 18.7 Å². The van der Waals surface area contributed by atoms with Crippen LogP contribution in [0.15, 0.2) is 0 Å². The van der Waals surface area contributed by atoms with Crippen molar-refractivity contribution in [2.75, 3.05) is 43.6 Å². The van der Waals surface area contributed by atoms with E-state index in [1.165, 1.54) is 0 Å². The minimum atomic E-state index is -3.06. The molecule has 2 rings (SSSR count). The van der Waals surface area contributed by atoms with Crippen LogP contribution in [0.5, 0.6) is 0 Å². The highest BCUT2D eigenvalue weighted by Crippen LogP contribution is 2.34. The lowest BCUT2D eigenvalue weighted by Crippen LogP contribution is -2.64. The minimum Gasteiger partial charge on any atom is -0.381 e. The third-order valence-corrected chi connectivity index (χ3v) is 7.60. The normalized spacial score (nSPS) is 29.3. The van der Waals surface area contributed by atoms with Crippen molar-refractivity contribution in [2.24, 2.45) is 5.73 Å². The van der Waals surface area contributed by atoms with Crippen LogP contribution in [0.3, 0.4) is 0 Å². The van der Waals surface area contributed by atoms with Crippen molar-refractivity contribution in [1.29, 1.82) is 0 Å². The van der Waals surface area contributed by atoms with Gasteiger partial charge in [-0.15, -0.1) is 0 Å². The van der Waals surface area contributed by atoms with Crippen LogP contribution in [0.2, 0.25) is 0 Å². The Balaban J connectivity index is 2.27. The number of nitrogens with two attached hydrogens (primary N) is 1. The summed E-state index contributed by atoms with van der Waals surface area (Å²) >= 11 is 1.73. The Morgan fingerprint density at radius 2 is 2.11 bits per heavy atom. The quantitative estimate of drug-likeness (QED) is 0.805. The first-order chi connectivity index (χ1) is 9.06. The average molecular weight is 308 g/mol. The molecule has 112 valence electrons. The second-order valence-corrected chi connectivity index (χ2v) is 8.81. The lowest BCUT2D eigenvalue weighted by molar-refractivity contribution is -0.0263. The summed E-state index contributed by atoms with van der Waals surface area (Å²) < 4.78 is 30.1. The molecule has 0 aliphatic carbocycles. The van der Waals surface area contributed by atoms with Crippen LogP contribution in [-0.4, -0.2) is 67.8 Å². The highest BCUT2D eigenvalue weighted by atomic mass is 32.2. The molecule has 0 aromatic rings. The van der Waals surface area contributed by atoms with E-state index in [2.05, 4.69) is 4.90 Å². The first kappa shape index (κ1) is 15.6. The van der Waals surface area contributed by atoms with E-state index in [0.717, 1.165) is 25.1 Å². The molecule has 19 heavy (non-hydrogen) atoms. The van der Waals surface area contributed by atoms with Crippen LogP contribution in [0.4, 0.5) is 0 Å². The molecule has 0 aromatic carbocycles. The Labute approximate surface area is 120 Å². The van der Waals surface area contributed by atoms with Crippen molar-refractivity contribution < 1.29 is 13.2 Å². The zero-order valence-corrected chi connectivity index (χ0v) is 13.1. The van der Waals surface area contributed by atoms with E-state index in [9.17, 15) is 8.42 Å². The van der Waals surface area contributed by atoms with E-state index in [1.807, 2.05) is 0 Å². The Bertz CT molecular complexity index is 394. The second-order valence-electron chi connectivity index (χ2n) is 5.22. The molecule has 0 amide bonds. The number of ether oxygens (including phenoxy) is 1. The van der Waals surface area contributed by atoms with Crippen LogP contribution in [-0.2, 0) is 14.6 Å². The van der Waals surface area contributed by atoms with Crippen molar-refractivity contribution in [3.05, 3.63) is 0 Å². The van der Waals surface area contributed by atoms with Gasteiger partial charge in [-0.1, -0.05) is 6.92 Å². The first-order valence-electron chi connectivity index (χ1n) is 6.89. The number of nitrogens with zero attached hydrogens (tertiary/aromatic N) is 1. The molecule has 0 aromatic heterocycles. The largest absolute Gasteiger partial charge is 0.381 e. The summed E-state index contributed by atoms with van der Waals surface area (Å²) in [6.45, 7) is 4.41. The van der Waals surface area contributed by atoms with Gasteiger partial charge < -0.3 is 10.5 Å². The van der Waals surface area contributed by atoms with Crippen molar-refractivity contribution in [2.45, 2.75) is 30.7 Å². The fourth-order valence-electron chi connectivity index (χ4n) is 2.97. The molecule has 2 heterocycles. The fourth-order valence-corrected chi connectivity index (χ4v) is 6.07. The SMILES string of the molecule is CCS(=O)(=O)C1CSCCN1C1(CN)CCOCC1. The van der Waals surface area contributed by atoms with Crippen LogP contribution in [0, 0.1) is 0 Å². The number of sulfone groups is 1. The van der Waals surface area contributed by atoms with Crippen LogP contribution in [0.25, 0.3) is 0 Å². The van der Waals surface area contributed by atoms with E-state index in [-0.39, 0.29) is 16.7 Å². The molecule has 2 aliphatic rings. The Morgan fingerprint density at radius 1 is 1.42 bits per heavy atom. The van der Waals surface area contributed by atoms with Gasteiger partial charge in [-0.2, -0.15) is 11.8 Å². The molecule has 2 saturated heterocycles. The maximum atomic E-state index is 12.3. The smallest absolute Gasteiger partial charge is 0.166 e. The number of rotatable bonds is 4. The predicted molar refractivity (Wildman–Crippen MR) is 79.1 cm³/mol. The van der Waals surface area contributed by atoms with Crippen molar-refractivity contribution in [3.8, 4) is 0 Å². The maximum Gasteiger partial charge on any atom is 0.166 e. The number of thioether (sulfide) groups is 1. The van der Waals surface area contributed by atoms with Gasteiger partial charge in [0.1, 0.15) is 5.37 Å². The predicted octanol–water partition coefficient (Wildman–Crippen LogP) is 0.304. The number of hydrogen-bond acceptors (Lipinski definition) is 6. The Hall–Kier alpha value is 0.180. The summed E-state index contributed by atoms with van der Waals surface area (Å²) in [6, 6.07) is 0. The van der Waals surface area contributed by atoms with E-state index < -0.39 is 9.84 Å². The summed E-state index contributed by atoms with van der Waals surface area (Å²) in [6.07, 6.45) is 1.67. The first-order valence-corrected chi connectivity index (χ1v) is 9.76. The third-order valence-electron chi connectivity index (χ3n) is 4.31. The van der Waals surface area contributed by atoms with Crippen LogP contribution < -0.4 is 5.73 Å². The summed E-state index contributed by atoms with van der Waals surface area (Å²) in [5, 5.41) is -0.377. The van der Waals surface area contributed by atoms with Gasteiger partial charge in [0.15, 0.2) is 9.84 Å². The molecule has 0 radical (unpaired) electrons. The molecule has 2 N–H and O–H groups in total. The van der Waals surface area contributed by atoms with E-state index >= 15 is 0 Å². The molecule has 0 saturated carbocycles. The van der Waals surface area contributed by atoms with Gasteiger partial charge in [0, 0.05) is 49.1 Å². The standard InChI is InChI=1S/C12H24N2O3S2/c1-2-19(15,16)11-9-18-8-5-14(11)12(10-13)3-6-17-7-4-12/h11H,2-10,13H2,1H3. The van der Waals surface area contributed by atoms with Crippen LogP contribution in [0.1, 0.15) is 19.8 Å².